The molecule has 0 radical (unpaired) electrons. The molecular weight excluding hydrogens is 216 g/mol. The molecule has 1 atom stereocenters. The molecule has 5 heteroatoms. The third-order valence-corrected chi connectivity index (χ3v) is 2.92. The second kappa shape index (κ2) is 5.14. The molecule has 0 aliphatic carbocycles. The normalized spacial score (nSPS) is 18.5. The van der Waals surface area contributed by atoms with Crippen LogP contribution < -0.4 is 16.0 Å². The molecule has 1 aromatic rings. The zero-order chi connectivity index (χ0) is 12.3. The smallest absolute Gasteiger partial charge is 0.221 e. The molecule has 5 nitrogen and oxygen atoms in total. The number of amides is 1. The average molecular weight is 234 g/mol. The Morgan fingerprint density at radius 3 is 2.94 bits per heavy atom. The summed E-state index contributed by atoms with van der Waals surface area (Å²) in [6.45, 7) is 4.17. The lowest BCUT2D eigenvalue weighted by molar-refractivity contribution is -0.120. The number of nitrogens with two attached hydrogens (primary N) is 1. The number of carbonyl (C=O) groups excluding carboxylic acids is 1. The van der Waals surface area contributed by atoms with Gasteiger partial charge in [0.15, 0.2) is 0 Å². The molecular formula is C12H18N4O. The van der Waals surface area contributed by atoms with Crippen LogP contribution in [0.4, 0.5) is 5.69 Å². The molecule has 0 aromatic carbocycles. The van der Waals surface area contributed by atoms with Crippen LogP contribution in [-0.2, 0) is 4.79 Å². The van der Waals surface area contributed by atoms with E-state index in [2.05, 4.69) is 15.2 Å². The summed E-state index contributed by atoms with van der Waals surface area (Å²) in [6, 6.07) is 3.91. The fourth-order valence-electron chi connectivity index (χ4n) is 1.88. The number of carbonyl (C=O) groups is 1. The number of hydrogen-bond acceptors (Lipinski definition) is 4. The van der Waals surface area contributed by atoms with Crippen molar-refractivity contribution in [1.29, 1.82) is 0 Å². The van der Waals surface area contributed by atoms with Crippen LogP contribution in [0, 0.1) is 0 Å². The Labute approximate surface area is 101 Å². The van der Waals surface area contributed by atoms with Gasteiger partial charge in [-0.25, -0.2) is 0 Å². The maximum atomic E-state index is 11.2. The van der Waals surface area contributed by atoms with Gasteiger partial charge in [0.25, 0.3) is 0 Å². The van der Waals surface area contributed by atoms with E-state index in [1.165, 1.54) is 0 Å². The fraction of sp³-hybridized carbons (Fsp3) is 0.500. The van der Waals surface area contributed by atoms with E-state index in [1.807, 2.05) is 25.3 Å². The predicted molar refractivity (Wildman–Crippen MR) is 66.7 cm³/mol. The lowest BCUT2D eigenvalue weighted by Gasteiger charge is -2.21. The van der Waals surface area contributed by atoms with Crippen LogP contribution in [0.2, 0.25) is 0 Å². The van der Waals surface area contributed by atoms with Crippen molar-refractivity contribution < 1.29 is 4.79 Å². The van der Waals surface area contributed by atoms with Gasteiger partial charge in [0.2, 0.25) is 5.91 Å². The van der Waals surface area contributed by atoms with E-state index in [1.54, 1.807) is 0 Å². The molecule has 0 saturated carbocycles. The Bertz CT molecular complexity index is 388. The van der Waals surface area contributed by atoms with E-state index >= 15 is 0 Å². The number of anilines is 1. The molecule has 0 bridgehead atoms. The molecule has 1 aromatic heterocycles. The molecule has 17 heavy (non-hydrogen) atoms. The standard InChI is InChI=1S/C12H18N4O/c1-9(13)11-3-2-10(8-15-11)16-6-4-12(17)14-5-7-16/h2-3,8-9H,4-7,13H2,1H3,(H,14,17)/t9-/m1/s1. The van der Waals surface area contributed by atoms with Gasteiger partial charge in [0.1, 0.15) is 0 Å². The first kappa shape index (κ1) is 11.9. The van der Waals surface area contributed by atoms with Crippen LogP contribution in [0.15, 0.2) is 18.3 Å². The minimum Gasteiger partial charge on any atom is -0.368 e. The number of pyridine rings is 1. The number of rotatable bonds is 2. The molecule has 2 rings (SSSR count). The largest absolute Gasteiger partial charge is 0.368 e. The van der Waals surface area contributed by atoms with Gasteiger partial charge in [0.05, 0.1) is 17.6 Å². The lowest BCUT2D eigenvalue weighted by Crippen LogP contribution is -2.28. The van der Waals surface area contributed by atoms with Crippen LogP contribution in [0.3, 0.4) is 0 Å². The molecule has 1 amide bonds. The van der Waals surface area contributed by atoms with E-state index in [0.29, 0.717) is 13.0 Å². The Kier molecular flexibility index (Phi) is 3.58. The van der Waals surface area contributed by atoms with Crippen molar-refractivity contribution in [2.75, 3.05) is 24.5 Å². The van der Waals surface area contributed by atoms with Crippen molar-refractivity contribution >= 4 is 11.6 Å². The Hall–Kier alpha value is -1.62. The average Bonchev–Trinajstić information content (AvgIpc) is 2.54. The highest BCUT2D eigenvalue weighted by Gasteiger charge is 2.14. The zero-order valence-corrected chi connectivity index (χ0v) is 10.0. The first-order valence-corrected chi connectivity index (χ1v) is 5.90. The molecule has 1 saturated heterocycles. The van der Waals surface area contributed by atoms with Gasteiger partial charge in [0, 0.05) is 32.1 Å². The highest BCUT2D eigenvalue weighted by atomic mass is 16.1. The summed E-state index contributed by atoms with van der Waals surface area (Å²) >= 11 is 0. The summed E-state index contributed by atoms with van der Waals surface area (Å²) in [6.07, 6.45) is 2.36. The highest BCUT2D eigenvalue weighted by molar-refractivity contribution is 5.77. The van der Waals surface area contributed by atoms with Gasteiger partial charge in [-0.15, -0.1) is 0 Å². The van der Waals surface area contributed by atoms with Crippen LogP contribution >= 0.6 is 0 Å². The van der Waals surface area contributed by atoms with E-state index in [9.17, 15) is 4.79 Å². The Balaban J connectivity index is 2.08. The minimum atomic E-state index is -0.0450. The second-order valence-corrected chi connectivity index (χ2v) is 4.32. The monoisotopic (exact) mass is 234 g/mol. The molecule has 3 N–H and O–H groups in total. The minimum absolute atomic E-state index is 0.0450. The number of nitrogens with zero attached hydrogens (tertiary/aromatic N) is 2. The van der Waals surface area contributed by atoms with E-state index in [-0.39, 0.29) is 11.9 Å². The molecule has 1 aliphatic heterocycles. The third kappa shape index (κ3) is 2.94. The van der Waals surface area contributed by atoms with Crippen molar-refractivity contribution in [3.05, 3.63) is 24.0 Å². The lowest BCUT2D eigenvalue weighted by atomic mass is 10.2. The summed E-state index contributed by atoms with van der Waals surface area (Å²) in [5.74, 6) is 0.118. The third-order valence-electron chi connectivity index (χ3n) is 2.92. The molecule has 0 spiro atoms. The summed E-state index contributed by atoms with van der Waals surface area (Å²) < 4.78 is 0. The van der Waals surface area contributed by atoms with Gasteiger partial charge in [-0.1, -0.05) is 0 Å². The van der Waals surface area contributed by atoms with Crippen LogP contribution in [-0.4, -0.2) is 30.5 Å². The van der Waals surface area contributed by atoms with Gasteiger partial charge in [-0.05, 0) is 19.1 Å². The maximum Gasteiger partial charge on any atom is 0.221 e. The van der Waals surface area contributed by atoms with Crippen LogP contribution in [0.1, 0.15) is 25.1 Å². The molecule has 92 valence electrons. The van der Waals surface area contributed by atoms with Gasteiger partial charge < -0.3 is 16.0 Å². The number of nitrogens with one attached hydrogen (secondary N) is 1. The van der Waals surface area contributed by atoms with E-state index < -0.39 is 0 Å². The van der Waals surface area contributed by atoms with Crippen molar-refractivity contribution in [2.24, 2.45) is 5.73 Å². The van der Waals surface area contributed by atoms with Gasteiger partial charge >= 0.3 is 0 Å². The fourth-order valence-corrected chi connectivity index (χ4v) is 1.88. The number of hydrogen-bond donors (Lipinski definition) is 2. The molecule has 2 heterocycles. The van der Waals surface area contributed by atoms with Crippen molar-refractivity contribution in [1.82, 2.24) is 10.3 Å². The van der Waals surface area contributed by atoms with Crippen LogP contribution in [0.5, 0.6) is 0 Å². The Morgan fingerprint density at radius 1 is 1.47 bits per heavy atom. The SMILES string of the molecule is C[C@@H](N)c1ccc(N2CCNC(=O)CC2)cn1. The van der Waals surface area contributed by atoms with Crippen molar-refractivity contribution in [2.45, 2.75) is 19.4 Å². The quantitative estimate of drug-likeness (QED) is 0.778. The van der Waals surface area contributed by atoms with E-state index in [0.717, 1.165) is 24.5 Å². The van der Waals surface area contributed by atoms with Gasteiger partial charge in [-0.2, -0.15) is 0 Å². The predicted octanol–water partition coefficient (Wildman–Crippen LogP) is 0.428. The molecule has 1 aliphatic rings. The van der Waals surface area contributed by atoms with Crippen molar-refractivity contribution in [3.63, 3.8) is 0 Å². The first-order valence-electron chi connectivity index (χ1n) is 5.90. The van der Waals surface area contributed by atoms with Crippen molar-refractivity contribution in [3.8, 4) is 0 Å². The molecule has 0 unspecified atom stereocenters. The summed E-state index contributed by atoms with van der Waals surface area (Å²) in [7, 11) is 0. The van der Waals surface area contributed by atoms with Gasteiger partial charge in [-0.3, -0.25) is 9.78 Å². The van der Waals surface area contributed by atoms with E-state index in [4.69, 9.17) is 5.73 Å². The Morgan fingerprint density at radius 2 is 2.29 bits per heavy atom. The highest BCUT2D eigenvalue weighted by Crippen LogP contribution is 2.16. The first-order chi connectivity index (χ1) is 8.16. The summed E-state index contributed by atoms with van der Waals surface area (Å²) in [5, 5.41) is 2.85. The summed E-state index contributed by atoms with van der Waals surface area (Å²) in [4.78, 5) is 17.7. The topological polar surface area (TPSA) is 71.2 Å². The second-order valence-electron chi connectivity index (χ2n) is 4.32. The summed E-state index contributed by atoms with van der Waals surface area (Å²) in [5.41, 5.74) is 7.69. The zero-order valence-electron chi connectivity index (χ0n) is 10.0. The number of aromatic nitrogens is 1. The van der Waals surface area contributed by atoms with Crippen LogP contribution in [0.25, 0.3) is 0 Å². The molecule has 1 fully saturated rings. The maximum absolute atomic E-state index is 11.2.